The van der Waals surface area contributed by atoms with Gasteiger partial charge < -0.3 is 9.88 Å². The number of nitrogens with zero attached hydrogens (tertiary/aromatic N) is 7. The zero-order valence-corrected chi connectivity index (χ0v) is 20.9. The fraction of sp³-hybridized carbons (Fsp3) is 0.286. The van der Waals surface area contributed by atoms with E-state index in [4.69, 9.17) is 4.98 Å². The minimum Gasteiger partial charge on any atom is -0.355 e. The zero-order valence-electron chi connectivity index (χ0n) is 20.9. The van der Waals surface area contributed by atoms with Gasteiger partial charge in [-0.3, -0.25) is 9.47 Å². The van der Waals surface area contributed by atoms with Gasteiger partial charge in [-0.25, -0.2) is 18.7 Å². The monoisotopic (exact) mass is 512 g/mol. The molecular formula is C28H26F2N8. The molecule has 2 unspecified atom stereocenters. The summed E-state index contributed by atoms with van der Waals surface area (Å²) in [4.78, 5) is 17.5. The van der Waals surface area contributed by atoms with Gasteiger partial charge in [0.15, 0.2) is 17.5 Å². The molecule has 0 aliphatic carbocycles. The average Bonchev–Trinajstić information content (AvgIpc) is 3.63. The average molecular weight is 513 g/mol. The van der Waals surface area contributed by atoms with Gasteiger partial charge in [-0.05, 0) is 56.6 Å². The van der Waals surface area contributed by atoms with Crippen LogP contribution in [0.4, 0.5) is 14.6 Å². The van der Waals surface area contributed by atoms with Crippen molar-refractivity contribution in [3.63, 3.8) is 0 Å². The molecule has 6 heterocycles. The molecule has 5 aromatic rings. The third kappa shape index (κ3) is 3.75. The van der Waals surface area contributed by atoms with Crippen LogP contribution in [-0.2, 0) is 0 Å². The molecule has 0 radical (unpaired) electrons. The lowest BCUT2D eigenvalue weighted by Crippen LogP contribution is -2.36. The maximum absolute atomic E-state index is 14.6. The molecule has 10 heteroatoms. The maximum atomic E-state index is 14.6. The number of hydrogen-bond acceptors (Lipinski definition) is 6. The summed E-state index contributed by atoms with van der Waals surface area (Å²) in [5, 5.41) is 8.97. The van der Waals surface area contributed by atoms with Gasteiger partial charge in [-0.1, -0.05) is 6.07 Å². The largest absolute Gasteiger partial charge is 0.355 e. The van der Waals surface area contributed by atoms with Crippen LogP contribution in [-0.4, -0.2) is 66.8 Å². The van der Waals surface area contributed by atoms with Crippen molar-refractivity contribution in [3.8, 4) is 28.2 Å². The molecule has 7 rings (SSSR count). The molecule has 192 valence electrons. The Morgan fingerprint density at radius 1 is 0.974 bits per heavy atom. The number of aromatic nitrogens is 6. The van der Waals surface area contributed by atoms with Gasteiger partial charge in [0.1, 0.15) is 17.8 Å². The Labute approximate surface area is 218 Å². The number of H-pyrrole nitrogens is 1. The Bertz CT molecular complexity index is 1630. The van der Waals surface area contributed by atoms with Crippen LogP contribution >= 0.6 is 0 Å². The molecule has 8 nitrogen and oxygen atoms in total. The summed E-state index contributed by atoms with van der Waals surface area (Å²) in [7, 11) is 2.25. The predicted molar refractivity (Wildman–Crippen MR) is 141 cm³/mol. The van der Waals surface area contributed by atoms with Crippen LogP contribution in [0.3, 0.4) is 0 Å². The van der Waals surface area contributed by atoms with Crippen LogP contribution in [0.25, 0.3) is 39.2 Å². The van der Waals surface area contributed by atoms with Crippen molar-refractivity contribution in [2.75, 3.05) is 25.0 Å². The van der Waals surface area contributed by atoms with Crippen molar-refractivity contribution >= 4 is 16.9 Å². The van der Waals surface area contributed by atoms with E-state index >= 15 is 0 Å². The number of aromatic amines is 1. The smallest absolute Gasteiger partial charge is 0.182 e. The lowest BCUT2D eigenvalue weighted by atomic mass is 10.1. The maximum Gasteiger partial charge on any atom is 0.182 e. The highest BCUT2D eigenvalue weighted by atomic mass is 19.2. The van der Waals surface area contributed by atoms with Crippen LogP contribution in [0.5, 0.6) is 0 Å². The van der Waals surface area contributed by atoms with E-state index in [2.05, 4.69) is 49.1 Å². The molecule has 2 fully saturated rings. The van der Waals surface area contributed by atoms with E-state index in [1.807, 2.05) is 12.3 Å². The normalized spacial score (nSPS) is 19.8. The van der Waals surface area contributed by atoms with E-state index in [1.54, 1.807) is 12.4 Å². The van der Waals surface area contributed by atoms with Crippen molar-refractivity contribution in [1.82, 2.24) is 34.6 Å². The number of anilines is 1. The second kappa shape index (κ2) is 8.98. The van der Waals surface area contributed by atoms with E-state index in [0.717, 1.165) is 47.9 Å². The Kier molecular flexibility index (Phi) is 5.43. The molecule has 0 amide bonds. The van der Waals surface area contributed by atoms with Gasteiger partial charge in [-0.15, -0.1) is 10.2 Å². The Hall–Kier alpha value is -4.18. The highest BCUT2D eigenvalue weighted by Gasteiger charge is 2.34. The molecule has 38 heavy (non-hydrogen) atoms. The second-order valence-corrected chi connectivity index (χ2v) is 10.1. The summed E-state index contributed by atoms with van der Waals surface area (Å²) < 4.78 is 29.9. The van der Waals surface area contributed by atoms with Crippen molar-refractivity contribution < 1.29 is 8.78 Å². The Morgan fingerprint density at radius 2 is 1.84 bits per heavy atom. The van der Waals surface area contributed by atoms with Crippen molar-refractivity contribution in [1.29, 1.82) is 0 Å². The summed E-state index contributed by atoms with van der Waals surface area (Å²) in [6, 6.07) is 11.5. The van der Waals surface area contributed by atoms with E-state index < -0.39 is 11.6 Å². The van der Waals surface area contributed by atoms with Gasteiger partial charge in [-0.2, -0.15) is 0 Å². The number of nitrogens with one attached hydrogen (secondary N) is 1. The van der Waals surface area contributed by atoms with Crippen LogP contribution in [0, 0.1) is 11.6 Å². The number of rotatable bonds is 4. The number of fused-ring (bicyclic) bond motifs is 3. The lowest BCUT2D eigenvalue weighted by Gasteiger charge is -2.26. The van der Waals surface area contributed by atoms with Crippen molar-refractivity contribution in [2.45, 2.75) is 31.3 Å². The fourth-order valence-electron chi connectivity index (χ4n) is 5.88. The molecule has 1 N–H and O–H groups in total. The van der Waals surface area contributed by atoms with Gasteiger partial charge in [0.25, 0.3) is 0 Å². The van der Waals surface area contributed by atoms with E-state index in [0.29, 0.717) is 29.1 Å². The second-order valence-electron chi connectivity index (χ2n) is 10.1. The fourth-order valence-corrected chi connectivity index (χ4v) is 5.88. The molecule has 2 aliphatic heterocycles. The first kappa shape index (κ1) is 23.0. The molecule has 4 aromatic heterocycles. The van der Waals surface area contributed by atoms with E-state index in [9.17, 15) is 8.78 Å². The minimum atomic E-state index is -0.956. The number of pyridine rings is 2. The van der Waals surface area contributed by atoms with E-state index in [1.165, 1.54) is 35.9 Å². The third-order valence-electron chi connectivity index (χ3n) is 8.06. The molecular weight excluding hydrogens is 486 g/mol. The SMILES string of the molecule is CN1C2CCC1CN(c1ccc(-c3cnc4[nH]cc(-c5nncn5-c5cccc(F)c5F)c4c3)cn1)CC2. The summed E-state index contributed by atoms with van der Waals surface area (Å²) in [6.45, 7) is 2.02. The number of halogens is 2. The van der Waals surface area contributed by atoms with Crippen molar-refractivity contribution in [2.24, 2.45) is 0 Å². The molecule has 1 aromatic carbocycles. The highest BCUT2D eigenvalue weighted by Crippen LogP contribution is 2.33. The quantitative estimate of drug-likeness (QED) is 0.372. The Balaban J connectivity index is 1.21. The molecule has 2 aliphatic rings. The van der Waals surface area contributed by atoms with Gasteiger partial charge in [0.2, 0.25) is 0 Å². The number of likely N-dealkylation sites (N-methyl/N-ethyl adjacent to an activating group) is 1. The molecule has 2 saturated heterocycles. The summed E-state index contributed by atoms with van der Waals surface area (Å²) in [5.74, 6) is -0.507. The number of benzene rings is 1. The van der Waals surface area contributed by atoms with Gasteiger partial charge >= 0.3 is 0 Å². The zero-order chi connectivity index (χ0) is 25.8. The molecule has 0 saturated carbocycles. The van der Waals surface area contributed by atoms with Crippen LogP contribution < -0.4 is 4.90 Å². The van der Waals surface area contributed by atoms with Gasteiger partial charge in [0.05, 0.1) is 5.69 Å². The number of hydrogen-bond donors (Lipinski definition) is 1. The molecule has 2 atom stereocenters. The Morgan fingerprint density at radius 3 is 2.71 bits per heavy atom. The first-order valence-corrected chi connectivity index (χ1v) is 12.8. The highest BCUT2D eigenvalue weighted by molar-refractivity contribution is 5.94. The third-order valence-corrected chi connectivity index (χ3v) is 8.06. The molecule has 2 bridgehead atoms. The predicted octanol–water partition coefficient (Wildman–Crippen LogP) is 4.82. The molecule has 0 spiro atoms. The van der Waals surface area contributed by atoms with Crippen LogP contribution in [0.1, 0.15) is 19.3 Å². The van der Waals surface area contributed by atoms with Crippen molar-refractivity contribution in [3.05, 3.63) is 73.0 Å². The summed E-state index contributed by atoms with van der Waals surface area (Å²) >= 11 is 0. The lowest BCUT2D eigenvalue weighted by molar-refractivity contribution is 0.254. The van der Waals surface area contributed by atoms with E-state index in [-0.39, 0.29) is 5.69 Å². The first-order valence-electron chi connectivity index (χ1n) is 12.8. The van der Waals surface area contributed by atoms with Crippen LogP contribution in [0.2, 0.25) is 0 Å². The van der Waals surface area contributed by atoms with Gasteiger partial charge in [0, 0.05) is 65.8 Å². The summed E-state index contributed by atoms with van der Waals surface area (Å²) in [6.07, 6.45) is 10.5. The topological polar surface area (TPSA) is 78.8 Å². The van der Waals surface area contributed by atoms with Crippen LogP contribution in [0.15, 0.2) is 61.3 Å². The minimum absolute atomic E-state index is 0.0381. The first-order chi connectivity index (χ1) is 18.6. The summed E-state index contributed by atoms with van der Waals surface area (Å²) in [5.41, 5.74) is 3.22. The standard InChI is InChI=1S/C28H26F2N8/c1-36-19-6-7-20(36)15-37(10-9-19)25-8-5-17(12-31-25)18-11-21-22(14-33-27(21)32-13-18)28-35-34-16-38(28)24-4-2-3-23(29)26(24)30/h2-5,8,11-14,16,19-20H,6-7,9-10,15H2,1H3,(H,32,33).